The first kappa shape index (κ1) is 23.4. The number of carbonyl (C=O) groups is 2. The second-order valence-electron chi connectivity index (χ2n) is 7.60. The van der Waals surface area contributed by atoms with Crippen LogP contribution in [0, 0.1) is 6.92 Å². The monoisotopic (exact) mass is 479 g/mol. The van der Waals surface area contributed by atoms with Crippen LogP contribution in [0.4, 0.5) is 5.69 Å². The van der Waals surface area contributed by atoms with Gasteiger partial charge in [-0.2, -0.15) is 0 Å². The Labute approximate surface area is 202 Å². The molecule has 0 atom stereocenters. The molecule has 1 N–H and O–H groups in total. The maximum Gasteiger partial charge on any atom is 0.256 e. The molecule has 9 heteroatoms. The Bertz CT molecular complexity index is 1190. The number of nitrogens with one attached hydrogen (secondary N) is 1. The zero-order valence-electron chi connectivity index (χ0n) is 18.9. The predicted molar refractivity (Wildman–Crippen MR) is 130 cm³/mol. The van der Waals surface area contributed by atoms with Gasteiger partial charge in [-0.15, -0.1) is 0 Å². The number of thioether (sulfide) groups is 1. The predicted octanol–water partition coefficient (Wildman–Crippen LogP) is 4.00. The number of benzene rings is 2. The average Bonchev–Trinajstić information content (AvgIpc) is 3.31. The SMILES string of the molecule is Cc1ccccc1OCCN(C)C(=O)c1cccnc1SCC(=O)Nc1ccc2c(c1)OCO2. The highest BCUT2D eigenvalue weighted by atomic mass is 32.2. The lowest BCUT2D eigenvalue weighted by molar-refractivity contribution is -0.113. The lowest BCUT2D eigenvalue weighted by Gasteiger charge is -2.19. The van der Waals surface area contributed by atoms with Gasteiger partial charge in [0, 0.05) is 25.0 Å². The normalized spacial score (nSPS) is 11.7. The maximum absolute atomic E-state index is 13.0. The molecule has 4 rings (SSSR count). The molecule has 0 aliphatic carbocycles. The van der Waals surface area contributed by atoms with Crippen LogP contribution in [-0.4, -0.2) is 54.4 Å². The number of aryl methyl sites for hydroxylation is 1. The van der Waals surface area contributed by atoms with Crippen molar-refractivity contribution in [1.29, 1.82) is 0 Å². The third kappa shape index (κ3) is 5.79. The molecule has 0 unspecified atom stereocenters. The number of likely N-dealkylation sites (N-methyl/N-ethyl adjacent to an activating group) is 1. The molecule has 1 aliphatic rings. The van der Waals surface area contributed by atoms with E-state index in [2.05, 4.69) is 10.3 Å². The van der Waals surface area contributed by atoms with E-state index in [1.54, 1.807) is 48.5 Å². The van der Waals surface area contributed by atoms with Gasteiger partial charge < -0.3 is 24.4 Å². The second kappa shape index (κ2) is 10.9. The number of rotatable bonds is 9. The second-order valence-corrected chi connectivity index (χ2v) is 8.57. The summed E-state index contributed by atoms with van der Waals surface area (Å²) in [6.45, 7) is 2.93. The first-order valence-corrected chi connectivity index (χ1v) is 11.7. The van der Waals surface area contributed by atoms with Crippen LogP contribution in [0.2, 0.25) is 0 Å². The van der Waals surface area contributed by atoms with Gasteiger partial charge in [-0.05, 0) is 42.8 Å². The molecule has 0 fully saturated rings. The minimum atomic E-state index is -0.215. The summed E-state index contributed by atoms with van der Waals surface area (Å²) in [6.07, 6.45) is 1.61. The molecule has 2 heterocycles. The van der Waals surface area contributed by atoms with Crippen molar-refractivity contribution >= 4 is 29.3 Å². The molecule has 2 amide bonds. The van der Waals surface area contributed by atoms with Crippen LogP contribution >= 0.6 is 11.8 Å². The molecule has 3 aromatic rings. The largest absolute Gasteiger partial charge is 0.491 e. The van der Waals surface area contributed by atoms with Gasteiger partial charge in [-0.3, -0.25) is 9.59 Å². The van der Waals surface area contributed by atoms with Crippen LogP contribution in [0.3, 0.4) is 0 Å². The van der Waals surface area contributed by atoms with Gasteiger partial charge in [-0.1, -0.05) is 30.0 Å². The number of nitrogens with zero attached hydrogens (tertiary/aromatic N) is 2. The Morgan fingerprint density at radius 3 is 2.79 bits per heavy atom. The molecular formula is C25H25N3O5S. The van der Waals surface area contributed by atoms with Crippen molar-refractivity contribution in [3.8, 4) is 17.2 Å². The minimum absolute atomic E-state index is 0.103. The number of para-hydroxylation sites is 1. The Balaban J connectivity index is 1.31. The van der Waals surface area contributed by atoms with Crippen LogP contribution in [0.5, 0.6) is 17.2 Å². The first-order valence-electron chi connectivity index (χ1n) is 10.7. The van der Waals surface area contributed by atoms with Crippen LogP contribution in [-0.2, 0) is 4.79 Å². The molecule has 0 spiro atoms. The highest BCUT2D eigenvalue weighted by Gasteiger charge is 2.19. The van der Waals surface area contributed by atoms with Crippen LogP contribution in [0.15, 0.2) is 65.8 Å². The Morgan fingerprint density at radius 2 is 1.94 bits per heavy atom. The lowest BCUT2D eigenvalue weighted by atomic mass is 10.2. The van der Waals surface area contributed by atoms with E-state index in [9.17, 15) is 9.59 Å². The van der Waals surface area contributed by atoms with E-state index in [4.69, 9.17) is 14.2 Å². The van der Waals surface area contributed by atoms with Gasteiger partial charge in [0.15, 0.2) is 11.5 Å². The summed E-state index contributed by atoms with van der Waals surface area (Å²) in [5, 5.41) is 3.33. The van der Waals surface area contributed by atoms with E-state index in [-0.39, 0.29) is 24.4 Å². The standard InChI is InChI=1S/C25H25N3O5S/c1-17-6-3-4-8-20(17)31-13-12-28(2)25(30)19-7-5-11-26-24(19)34-15-23(29)27-18-9-10-21-22(14-18)33-16-32-21/h3-11,14H,12-13,15-16H2,1-2H3,(H,27,29). The van der Waals surface area contributed by atoms with Crippen molar-refractivity contribution in [2.45, 2.75) is 11.9 Å². The molecule has 8 nitrogen and oxygen atoms in total. The van der Waals surface area contributed by atoms with Gasteiger partial charge in [0.05, 0.1) is 17.9 Å². The summed E-state index contributed by atoms with van der Waals surface area (Å²) >= 11 is 1.21. The van der Waals surface area contributed by atoms with E-state index in [1.165, 1.54) is 11.8 Å². The van der Waals surface area contributed by atoms with Gasteiger partial charge in [0.25, 0.3) is 5.91 Å². The Morgan fingerprint density at radius 1 is 1.12 bits per heavy atom. The molecule has 1 aromatic heterocycles. The van der Waals surface area contributed by atoms with Crippen LogP contribution in [0.25, 0.3) is 0 Å². The molecule has 0 saturated carbocycles. The van der Waals surface area contributed by atoms with E-state index < -0.39 is 0 Å². The Kier molecular flexibility index (Phi) is 7.54. The summed E-state index contributed by atoms with van der Waals surface area (Å²) < 4.78 is 16.4. The Hall–Kier alpha value is -3.72. The number of carbonyl (C=O) groups excluding carboxylic acids is 2. The van der Waals surface area contributed by atoms with Gasteiger partial charge in [0.2, 0.25) is 12.7 Å². The number of pyridine rings is 1. The zero-order chi connectivity index (χ0) is 23.9. The molecular weight excluding hydrogens is 454 g/mol. The molecule has 34 heavy (non-hydrogen) atoms. The van der Waals surface area contributed by atoms with Crippen molar-refractivity contribution < 1.29 is 23.8 Å². The zero-order valence-corrected chi connectivity index (χ0v) is 19.8. The number of hydrogen-bond acceptors (Lipinski definition) is 7. The maximum atomic E-state index is 13.0. The number of ether oxygens (including phenoxy) is 3. The molecule has 1 aliphatic heterocycles. The average molecular weight is 480 g/mol. The number of anilines is 1. The van der Waals surface area contributed by atoms with Crippen molar-refractivity contribution in [3.05, 3.63) is 71.9 Å². The molecule has 0 radical (unpaired) electrons. The first-order chi connectivity index (χ1) is 16.5. The third-order valence-electron chi connectivity index (χ3n) is 5.12. The van der Waals surface area contributed by atoms with E-state index in [0.717, 1.165) is 11.3 Å². The summed E-state index contributed by atoms with van der Waals surface area (Å²) in [7, 11) is 1.72. The fourth-order valence-corrected chi connectivity index (χ4v) is 4.08. The topological polar surface area (TPSA) is 90.0 Å². The summed E-state index contributed by atoms with van der Waals surface area (Å²) in [5.41, 5.74) is 2.10. The molecule has 0 bridgehead atoms. The summed E-state index contributed by atoms with van der Waals surface area (Å²) in [6, 6.07) is 16.4. The van der Waals surface area contributed by atoms with Gasteiger partial charge >= 0.3 is 0 Å². The van der Waals surface area contributed by atoms with Gasteiger partial charge in [0.1, 0.15) is 17.4 Å². The van der Waals surface area contributed by atoms with Crippen molar-refractivity contribution in [2.75, 3.05) is 38.1 Å². The highest BCUT2D eigenvalue weighted by Crippen LogP contribution is 2.34. The fraction of sp³-hybridized carbons (Fsp3) is 0.240. The summed E-state index contributed by atoms with van der Waals surface area (Å²) in [4.78, 5) is 31.4. The van der Waals surface area contributed by atoms with Crippen LogP contribution in [0.1, 0.15) is 15.9 Å². The number of aromatic nitrogens is 1. The van der Waals surface area contributed by atoms with Crippen molar-refractivity contribution in [3.63, 3.8) is 0 Å². The highest BCUT2D eigenvalue weighted by molar-refractivity contribution is 8.00. The lowest BCUT2D eigenvalue weighted by Crippen LogP contribution is -2.31. The molecule has 176 valence electrons. The number of fused-ring (bicyclic) bond motifs is 1. The molecule has 0 saturated heterocycles. The van der Waals surface area contributed by atoms with E-state index in [1.807, 2.05) is 31.2 Å². The quantitative estimate of drug-likeness (QED) is 0.464. The third-order valence-corrected chi connectivity index (χ3v) is 6.13. The number of amides is 2. The summed E-state index contributed by atoms with van der Waals surface area (Å²) in [5.74, 6) is 1.75. The van der Waals surface area contributed by atoms with Crippen molar-refractivity contribution in [1.82, 2.24) is 9.88 Å². The van der Waals surface area contributed by atoms with E-state index in [0.29, 0.717) is 40.9 Å². The smallest absolute Gasteiger partial charge is 0.256 e. The van der Waals surface area contributed by atoms with E-state index >= 15 is 0 Å². The molecule has 2 aromatic carbocycles. The van der Waals surface area contributed by atoms with Gasteiger partial charge in [-0.25, -0.2) is 4.98 Å². The fourth-order valence-electron chi connectivity index (χ4n) is 3.29. The van der Waals surface area contributed by atoms with Crippen molar-refractivity contribution in [2.24, 2.45) is 0 Å². The van der Waals surface area contributed by atoms with Crippen LogP contribution < -0.4 is 19.5 Å². The number of hydrogen-bond donors (Lipinski definition) is 1. The minimum Gasteiger partial charge on any atom is -0.491 e.